The van der Waals surface area contributed by atoms with Gasteiger partial charge in [0, 0.05) is 48.5 Å². The fourth-order valence-electron chi connectivity index (χ4n) is 4.05. The van der Waals surface area contributed by atoms with Gasteiger partial charge in [0.2, 0.25) is 0 Å². The highest BCUT2D eigenvalue weighted by Gasteiger charge is 2.34. The summed E-state index contributed by atoms with van der Waals surface area (Å²) in [6.45, 7) is 9.27. The SMILES string of the molecule is CC(C)N1Cc2c(N3CCNCC3)cccc2N(Cc2cccc(Cl)c2)C1=O. The number of hydrogen-bond acceptors (Lipinski definition) is 3. The van der Waals surface area contributed by atoms with Crippen molar-refractivity contribution < 1.29 is 4.79 Å². The number of anilines is 2. The van der Waals surface area contributed by atoms with E-state index in [2.05, 4.69) is 42.3 Å². The van der Waals surface area contributed by atoms with Crippen LogP contribution in [0.3, 0.4) is 0 Å². The largest absolute Gasteiger partial charge is 0.369 e. The van der Waals surface area contributed by atoms with E-state index in [0.29, 0.717) is 18.1 Å². The van der Waals surface area contributed by atoms with E-state index in [4.69, 9.17) is 11.6 Å². The van der Waals surface area contributed by atoms with Crippen LogP contribution in [0.2, 0.25) is 5.02 Å². The van der Waals surface area contributed by atoms with Crippen molar-refractivity contribution in [2.75, 3.05) is 36.0 Å². The minimum Gasteiger partial charge on any atom is -0.369 e. The maximum Gasteiger partial charge on any atom is 0.325 e. The van der Waals surface area contributed by atoms with Crippen LogP contribution in [0.4, 0.5) is 16.2 Å². The molecule has 0 bridgehead atoms. The number of piperazine rings is 1. The van der Waals surface area contributed by atoms with Crippen LogP contribution in [-0.4, -0.2) is 43.2 Å². The molecule has 0 aliphatic carbocycles. The molecule has 0 unspecified atom stereocenters. The number of nitrogens with zero attached hydrogens (tertiary/aromatic N) is 3. The van der Waals surface area contributed by atoms with Crippen molar-refractivity contribution in [3.05, 3.63) is 58.6 Å². The lowest BCUT2D eigenvalue weighted by atomic mass is 10.0. The van der Waals surface area contributed by atoms with Gasteiger partial charge in [-0.2, -0.15) is 0 Å². The van der Waals surface area contributed by atoms with E-state index in [1.165, 1.54) is 11.3 Å². The van der Waals surface area contributed by atoms with E-state index in [9.17, 15) is 4.79 Å². The van der Waals surface area contributed by atoms with Crippen LogP contribution in [0.5, 0.6) is 0 Å². The summed E-state index contributed by atoms with van der Waals surface area (Å²) in [6, 6.07) is 14.3. The van der Waals surface area contributed by atoms with Gasteiger partial charge in [0.15, 0.2) is 0 Å². The number of amides is 2. The van der Waals surface area contributed by atoms with Gasteiger partial charge < -0.3 is 15.1 Å². The average Bonchev–Trinajstić information content (AvgIpc) is 2.70. The Morgan fingerprint density at radius 2 is 1.79 bits per heavy atom. The lowest BCUT2D eigenvalue weighted by Gasteiger charge is -2.42. The molecule has 0 atom stereocenters. The van der Waals surface area contributed by atoms with Gasteiger partial charge >= 0.3 is 6.03 Å². The second kappa shape index (κ2) is 8.02. The highest BCUT2D eigenvalue weighted by molar-refractivity contribution is 6.30. The molecule has 1 N–H and O–H groups in total. The number of nitrogens with one attached hydrogen (secondary N) is 1. The molecule has 2 aromatic carbocycles. The summed E-state index contributed by atoms with van der Waals surface area (Å²) in [5.41, 5.74) is 4.52. The molecule has 0 radical (unpaired) electrons. The molecule has 4 rings (SSSR count). The number of carbonyl (C=O) groups is 1. The van der Waals surface area contributed by atoms with Crippen molar-refractivity contribution >= 4 is 29.0 Å². The van der Waals surface area contributed by atoms with Crippen molar-refractivity contribution in [1.82, 2.24) is 10.2 Å². The Hall–Kier alpha value is -2.24. The van der Waals surface area contributed by atoms with Crippen LogP contribution >= 0.6 is 11.6 Å². The first-order chi connectivity index (χ1) is 13.5. The maximum atomic E-state index is 13.3. The zero-order valence-electron chi connectivity index (χ0n) is 16.5. The Balaban J connectivity index is 1.75. The van der Waals surface area contributed by atoms with Crippen molar-refractivity contribution in [2.45, 2.75) is 33.0 Å². The highest BCUT2D eigenvalue weighted by Crippen LogP contribution is 2.37. The van der Waals surface area contributed by atoms with E-state index in [-0.39, 0.29) is 12.1 Å². The van der Waals surface area contributed by atoms with Crippen LogP contribution in [0, 0.1) is 0 Å². The van der Waals surface area contributed by atoms with Gasteiger partial charge in [-0.1, -0.05) is 29.8 Å². The Bertz CT molecular complexity index is 863. The quantitative estimate of drug-likeness (QED) is 0.842. The molecular weight excluding hydrogens is 372 g/mol. The third-order valence-electron chi connectivity index (χ3n) is 5.53. The number of benzene rings is 2. The van der Waals surface area contributed by atoms with E-state index >= 15 is 0 Å². The Morgan fingerprint density at radius 3 is 2.50 bits per heavy atom. The molecule has 0 aromatic heterocycles. The molecule has 1 fully saturated rings. The predicted molar refractivity (Wildman–Crippen MR) is 115 cm³/mol. The third kappa shape index (κ3) is 3.69. The van der Waals surface area contributed by atoms with Crippen LogP contribution in [0.25, 0.3) is 0 Å². The van der Waals surface area contributed by atoms with Gasteiger partial charge in [0.1, 0.15) is 0 Å². The van der Waals surface area contributed by atoms with Gasteiger partial charge in [-0.05, 0) is 43.7 Å². The van der Waals surface area contributed by atoms with E-state index in [1.54, 1.807) is 0 Å². The first-order valence-electron chi connectivity index (χ1n) is 9.94. The molecule has 2 aliphatic heterocycles. The summed E-state index contributed by atoms with van der Waals surface area (Å²) >= 11 is 6.18. The number of fused-ring (bicyclic) bond motifs is 1. The smallest absolute Gasteiger partial charge is 0.325 e. The Kier molecular flexibility index (Phi) is 5.47. The molecule has 28 heavy (non-hydrogen) atoms. The first kappa shape index (κ1) is 19.1. The second-order valence-corrected chi connectivity index (χ2v) is 8.17. The lowest BCUT2D eigenvalue weighted by molar-refractivity contribution is 0.182. The van der Waals surface area contributed by atoms with Gasteiger partial charge in [0.25, 0.3) is 0 Å². The summed E-state index contributed by atoms with van der Waals surface area (Å²) in [5.74, 6) is 0. The molecule has 0 saturated carbocycles. The summed E-state index contributed by atoms with van der Waals surface area (Å²) in [5, 5.41) is 4.11. The van der Waals surface area contributed by atoms with Crippen molar-refractivity contribution in [1.29, 1.82) is 0 Å². The number of rotatable bonds is 4. The summed E-state index contributed by atoms with van der Waals surface area (Å²) in [4.78, 5) is 19.6. The fourth-order valence-corrected chi connectivity index (χ4v) is 4.26. The van der Waals surface area contributed by atoms with E-state index in [1.807, 2.05) is 34.1 Å². The zero-order valence-corrected chi connectivity index (χ0v) is 17.2. The van der Waals surface area contributed by atoms with E-state index < -0.39 is 0 Å². The molecule has 0 spiro atoms. The summed E-state index contributed by atoms with van der Waals surface area (Å²) in [6.07, 6.45) is 0. The minimum atomic E-state index is 0.0555. The second-order valence-electron chi connectivity index (χ2n) is 7.73. The van der Waals surface area contributed by atoms with Crippen molar-refractivity contribution in [3.8, 4) is 0 Å². The Labute approximate surface area is 171 Å². The average molecular weight is 399 g/mol. The number of hydrogen-bond donors (Lipinski definition) is 1. The topological polar surface area (TPSA) is 38.8 Å². The van der Waals surface area contributed by atoms with Gasteiger partial charge in [0.05, 0.1) is 18.8 Å². The molecule has 2 amide bonds. The third-order valence-corrected chi connectivity index (χ3v) is 5.77. The van der Waals surface area contributed by atoms with Crippen LogP contribution in [0.1, 0.15) is 25.0 Å². The molecule has 2 heterocycles. The Morgan fingerprint density at radius 1 is 1.07 bits per heavy atom. The molecular formula is C22H27ClN4O. The van der Waals surface area contributed by atoms with E-state index in [0.717, 1.165) is 37.4 Å². The van der Waals surface area contributed by atoms with Crippen molar-refractivity contribution in [3.63, 3.8) is 0 Å². The van der Waals surface area contributed by atoms with Gasteiger partial charge in [-0.25, -0.2) is 4.79 Å². The van der Waals surface area contributed by atoms with Crippen LogP contribution < -0.4 is 15.1 Å². The minimum absolute atomic E-state index is 0.0555. The number of halogens is 1. The monoisotopic (exact) mass is 398 g/mol. The highest BCUT2D eigenvalue weighted by atomic mass is 35.5. The number of urea groups is 1. The number of carbonyl (C=O) groups excluding carboxylic acids is 1. The molecule has 5 nitrogen and oxygen atoms in total. The van der Waals surface area contributed by atoms with Gasteiger partial charge in [-0.15, -0.1) is 0 Å². The lowest BCUT2D eigenvalue weighted by Crippen LogP contribution is -2.50. The first-order valence-corrected chi connectivity index (χ1v) is 10.3. The van der Waals surface area contributed by atoms with Crippen molar-refractivity contribution in [2.24, 2.45) is 0 Å². The summed E-state index contributed by atoms with van der Waals surface area (Å²) < 4.78 is 0. The summed E-state index contributed by atoms with van der Waals surface area (Å²) in [7, 11) is 0. The molecule has 2 aliphatic rings. The molecule has 6 heteroatoms. The zero-order chi connectivity index (χ0) is 19.7. The van der Waals surface area contributed by atoms with Crippen LogP contribution in [-0.2, 0) is 13.1 Å². The molecule has 2 aromatic rings. The maximum absolute atomic E-state index is 13.3. The standard InChI is InChI=1S/C22H27ClN4O/c1-16(2)26-15-19-20(25-11-9-24-10-12-25)7-4-8-21(19)27(22(26)28)14-17-5-3-6-18(23)13-17/h3-8,13,16,24H,9-12,14-15H2,1-2H3. The van der Waals surface area contributed by atoms with Crippen LogP contribution in [0.15, 0.2) is 42.5 Å². The fraction of sp³-hybridized carbons (Fsp3) is 0.409. The predicted octanol–water partition coefficient (Wildman–Crippen LogP) is 4.10. The molecule has 148 valence electrons. The molecule has 1 saturated heterocycles. The van der Waals surface area contributed by atoms with Gasteiger partial charge in [-0.3, -0.25) is 4.90 Å². The normalized spacial score (nSPS) is 17.3.